The van der Waals surface area contributed by atoms with Crippen LogP contribution in [0.5, 0.6) is 11.5 Å². The molecule has 2 aromatic rings. The third-order valence-electron chi connectivity index (χ3n) is 5.24. The molecule has 154 valence electrons. The molecule has 0 spiro atoms. The van der Waals surface area contributed by atoms with Crippen LogP contribution in [0.2, 0.25) is 0 Å². The van der Waals surface area contributed by atoms with Gasteiger partial charge in [0, 0.05) is 39.1 Å². The predicted molar refractivity (Wildman–Crippen MR) is 122 cm³/mol. The molecule has 1 aliphatic heterocycles. The van der Waals surface area contributed by atoms with Crippen LogP contribution >= 0.6 is 24.0 Å². The first kappa shape index (κ1) is 22.3. The molecule has 0 bridgehead atoms. The molecule has 3 rings (SSSR count). The minimum absolute atomic E-state index is 0. The molecule has 0 aliphatic carbocycles. The van der Waals surface area contributed by atoms with Crippen LogP contribution in [0.15, 0.2) is 41.9 Å². The monoisotopic (exact) mass is 499 g/mol. The zero-order valence-electron chi connectivity index (χ0n) is 17.0. The zero-order valence-corrected chi connectivity index (χ0v) is 19.3. The van der Waals surface area contributed by atoms with Crippen molar-refractivity contribution in [3.63, 3.8) is 0 Å². The van der Waals surface area contributed by atoms with Gasteiger partial charge in [0.1, 0.15) is 0 Å². The number of piperidine rings is 1. The van der Waals surface area contributed by atoms with Crippen LogP contribution in [-0.2, 0) is 6.54 Å². The van der Waals surface area contributed by atoms with Gasteiger partial charge >= 0.3 is 0 Å². The van der Waals surface area contributed by atoms with Gasteiger partial charge in [-0.25, -0.2) is 4.98 Å². The molecule has 2 heterocycles. The maximum Gasteiger partial charge on any atom is 0.193 e. The molecule has 2 atom stereocenters. The maximum atomic E-state index is 5.39. The summed E-state index contributed by atoms with van der Waals surface area (Å²) in [7, 11) is 5.13. The molecule has 8 heteroatoms. The molecule has 0 radical (unpaired) electrons. The number of benzene rings is 1. The van der Waals surface area contributed by atoms with Gasteiger partial charge in [0.15, 0.2) is 17.5 Å². The number of nitrogens with one attached hydrogen (secondary N) is 1. The van der Waals surface area contributed by atoms with Crippen molar-refractivity contribution in [3.05, 3.63) is 42.5 Å². The summed E-state index contributed by atoms with van der Waals surface area (Å²) in [6.07, 6.45) is 6.92. The molecule has 0 saturated carbocycles. The van der Waals surface area contributed by atoms with E-state index < -0.39 is 0 Å². The number of imidazole rings is 1. The summed E-state index contributed by atoms with van der Waals surface area (Å²) in [6, 6.07) is 6.36. The van der Waals surface area contributed by atoms with E-state index in [0.29, 0.717) is 18.5 Å². The quantitative estimate of drug-likeness (QED) is 0.389. The van der Waals surface area contributed by atoms with Gasteiger partial charge in [-0.1, -0.05) is 13.0 Å². The highest BCUT2D eigenvalue weighted by Crippen LogP contribution is 2.28. The Kier molecular flexibility index (Phi) is 8.40. The third kappa shape index (κ3) is 5.09. The summed E-state index contributed by atoms with van der Waals surface area (Å²) in [6.45, 7) is 4.90. The highest BCUT2D eigenvalue weighted by Gasteiger charge is 2.28. The summed E-state index contributed by atoms with van der Waals surface area (Å²) in [5, 5.41) is 3.48. The number of methoxy groups -OCH3 is 2. The number of likely N-dealkylation sites (tertiary alicyclic amines) is 1. The van der Waals surface area contributed by atoms with Gasteiger partial charge in [-0.05, 0) is 30.0 Å². The Labute approximate surface area is 184 Å². The van der Waals surface area contributed by atoms with E-state index in [1.165, 1.54) is 0 Å². The molecule has 1 saturated heterocycles. The lowest BCUT2D eigenvalue weighted by molar-refractivity contribution is 0.189. The second kappa shape index (κ2) is 10.5. The lowest BCUT2D eigenvalue weighted by atomic mass is 9.93. The second-order valence-electron chi connectivity index (χ2n) is 6.88. The normalized spacial score (nSPS) is 19.7. The first-order valence-corrected chi connectivity index (χ1v) is 9.30. The number of ether oxygens (including phenoxy) is 2. The smallest absolute Gasteiger partial charge is 0.193 e. The van der Waals surface area contributed by atoms with Crippen molar-refractivity contribution < 1.29 is 9.47 Å². The molecule has 1 fully saturated rings. The van der Waals surface area contributed by atoms with Gasteiger partial charge in [-0.2, -0.15) is 0 Å². The summed E-state index contributed by atoms with van der Waals surface area (Å²) < 4.78 is 12.9. The number of hydrogen-bond donors (Lipinski definition) is 1. The fourth-order valence-electron chi connectivity index (χ4n) is 3.60. The molecule has 28 heavy (non-hydrogen) atoms. The molecular formula is C20H30IN5O2. The summed E-state index contributed by atoms with van der Waals surface area (Å²) in [5.74, 6) is 3.00. The van der Waals surface area contributed by atoms with E-state index in [1.807, 2.05) is 44.0 Å². The minimum atomic E-state index is 0. The van der Waals surface area contributed by atoms with Crippen molar-refractivity contribution >= 4 is 29.9 Å². The van der Waals surface area contributed by atoms with Crippen molar-refractivity contribution in [1.82, 2.24) is 19.8 Å². The average Bonchev–Trinajstić information content (AvgIpc) is 3.23. The Balaban J connectivity index is 0.00000280. The standard InChI is InChI=1S/C20H29N5O2.HI/c1-15-7-9-24(13-17(15)25-10-8-22-14-25)20(21-2)23-12-16-5-6-18(26-3)19(11-16)27-4;/h5-6,8,10-11,14-15,17H,7,9,12-13H2,1-4H3,(H,21,23);1H. The number of rotatable bonds is 5. The number of guanidine groups is 1. The minimum Gasteiger partial charge on any atom is -0.493 e. The fourth-order valence-corrected chi connectivity index (χ4v) is 3.60. The molecular weight excluding hydrogens is 469 g/mol. The topological polar surface area (TPSA) is 63.9 Å². The SMILES string of the molecule is CN=C(NCc1ccc(OC)c(OC)c1)N1CCC(C)C(n2ccnc2)C1.I. The Hall–Kier alpha value is -1.97. The van der Waals surface area contributed by atoms with E-state index in [1.54, 1.807) is 14.2 Å². The van der Waals surface area contributed by atoms with Gasteiger partial charge in [-0.3, -0.25) is 4.99 Å². The van der Waals surface area contributed by atoms with Crippen molar-refractivity contribution in [2.24, 2.45) is 10.9 Å². The molecule has 7 nitrogen and oxygen atoms in total. The zero-order chi connectivity index (χ0) is 19.2. The Morgan fingerprint density at radius 2 is 2.07 bits per heavy atom. The van der Waals surface area contributed by atoms with Crippen molar-refractivity contribution in [2.75, 3.05) is 34.4 Å². The van der Waals surface area contributed by atoms with Crippen LogP contribution in [-0.4, -0.2) is 54.8 Å². The van der Waals surface area contributed by atoms with E-state index in [9.17, 15) is 0 Å². The van der Waals surface area contributed by atoms with Crippen LogP contribution in [0, 0.1) is 5.92 Å². The van der Waals surface area contributed by atoms with Gasteiger partial charge in [0.25, 0.3) is 0 Å². The Morgan fingerprint density at radius 1 is 1.29 bits per heavy atom. The second-order valence-corrected chi connectivity index (χ2v) is 6.88. The maximum absolute atomic E-state index is 5.39. The van der Waals surface area contributed by atoms with Gasteiger partial charge < -0.3 is 24.3 Å². The summed E-state index contributed by atoms with van der Waals surface area (Å²) in [4.78, 5) is 11.0. The van der Waals surface area contributed by atoms with Crippen LogP contribution in [0.1, 0.15) is 24.9 Å². The van der Waals surface area contributed by atoms with Crippen molar-refractivity contribution in [2.45, 2.75) is 25.9 Å². The van der Waals surface area contributed by atoms with E-state index in [0.717, 1.165) is 42.5 Å². The van der Waals surface area contributed by atoms with E-state index in [2.05, 4.69) is 31.7 Å². The van der Waals surface area contributed by atoms with Gasteiger partial charge in [0.05, 0.1) is 26.6 Å². The van der Waals surface area contributed by atoms with E-state index >= 15 is 0 Å². The molecule has 1 N–H and O–H groups in total. The van der Waals surface area contributed by atoms with Crippen molar-refractivity contribution in [3.8, 4) is 11.5 Å². The van der Waals surface area contributed by atoms with Gasteiger partial charge in [-0.15, -0.1) is 24.0 Å². The Morgan fingerprint density at radius 3 is 2.71 bits per heavy atom. The van der Waals surface area contributed by atoms with Crippen LogP contribution < -0.4 is 14.8 Å². The average molecular weight is 499 g/mol. The van der Waals surface area contributed by atoms with Gasteiger partial charge in [0.2, 0.25) is 0 Å². The number of aliphatic imine (C=N–C) groups is 1. The third-order valence-corrected chi connectivity index (χ3v) is 5.24. The number of hydrogen-bond acceptors (Lipinski definition) is 4. The molecule has 1 aromatic heterocycles. The lowest BCUT2D eigenvalue weighted by Crippen LogP contribution is -2.48. The lowest BCUT2D eigenvalue weighted by Gasteiger charge is -2.39. The fraction of sp³-hybridized carbons (Fsp3) is 0.500. The molecule has 1 aromatic carbocycles. The van der Waals surface area contributed by atoms with Crippen LogP contribution in [0.4, 0.5) is 0 Å². The van der Waals surface area contributed by atoms with Crippen LogP contribution in [0.25, 0.3) is 0 Å². The first-order valence-electron chi connectivity index (χ1n) is 9.30. The highest BCUT2D eigenvalue weighted by molar-refractivity contribution is 14.0. The molecule has 2 unspecified atom stereocenters. The largest absolute Gasteiger partial charge is 0.493 e. The molecule has 0 amide bonds. The number of nitrogens with zero attached hydrogens (tertiary/aromatic N) is 4. The van der Waals surface area contributed by atoms with E-state index in [4.69, 9.17) is 9.47 Å². The summed E-state index contributed by atoms with van der Waals surface area (Å²) in [5.41, 5.74) is 1.12. The van der Waals surface area contributed by atoms with E-state index in [-0.39, 0.29) is 24.0 Å². The highest BCUT2D eigenvalue weighted by atomic mass is 127. The van der Waals surface area contributed by atoms with Crippen LogP contribution in [0.3, 0.4) is 0 Å². The number of halogens is 1. The summed E-state index contributed by atoms with van der Waals surface area (Å²) >= 11 is 0. The first-order chi connectivity index (χ1) is 13.2. The number of aromatic nitrogens is 2. The Bertz CT molecular complexity index is 766. The predicted octanol–water partition coefficient (Wildman–Crippen LogP) is 3.18. The molecule has 1 aliphatic rings. The van der Waals surface area contributed by atoms with Crippen molar-refractivity contribution in [1.29, 1.82) is 0 Å².